The van der Waals surface area contributed by atoms with E-state index in [0.717, 1.165) is 16.9 Å². The molecule has 0 unspecified atom stereocenters. The van der Waals surface area contributed by atoms with Gasteiger partial charge >= 0.3 is 0 Å². The second-order valence-electron chi connectivity index (χ2n) is 5.76. The summed E-state index contributed by atoms with van der Waals surface area (Å²) >= 11 is 1.59. The van der Waals surface area contributed by atoms with E-state index in [1.807, 2.05) is 31.2 Å². The highest BCUT2D eigenvalue weighted by Crippen LogP contribution is 2.45. The molecule has 0 saturated carbocycles. The van der Waals surface area contributed by atoms with Crippen molar-refractivity contribution in [3.63, 3.8) is 0 Å². The third kappa shape index (κ3) is 3.49. The van der Waals surface area contributed by atoms with Crippen LogP contribution >= 0.6 is 11.8 Å². The van der Waals surface area contributed by atoms with Gasteiger partial charge in [-0.15, -0.1) is 11.8 Å². The predicted octanol–water partition coefficient (Wildman–Crippen LogP) is 3.45. The second-order valence-corrected chi connectivity index (χ2v) is 8.84. The minimum absolute atomic E-state index is 0.312. The van der Waals surface area contributed by atoms with Crippen LogP contribution in [-0.2, 0) is 10.0 Å². The summed E-state index contributed by atoms with van der Waals surface area (Å²) < 4.78 is 38.5. The number of benzene rings is 2. The van der Waals surface area contributed by atoms with E-state index in [1.165, 1.54) is 0 Å². The highest BCUT2D eigenvalue weighted by molar-refractivity contribution is 8.01. The van der Waals surface area contributed by atoms with Gasteiger partial charge in [-0.25, -0.2) is 8.42 Å². The molecule has 0 radical (unpaired) electrons. The Morgan fingerprint density at radius 1 is 1.08 bits per heavy atom. The normalized spacial score (nSPS) is 18.3. The smallest absolute Gasteiger partial charge is 0.244 e. The van der Waals surface area contributed by atoms with Crippen molar-refractivity contribution in [3.05, 3.63) is 53.6 Å². The van der Waals surface area contributed by atoms with Crippen molar-refractivity contribution in [3.8, 4) is 11.5 Å². The Balaban J connectivity index is 2.02. The maximum Gasteiger partial charge on any atom is 0.244 e. The molecule has 3 rings (SSSR count). The fraction of sp³-hybridized carbons (Fsp3) is 0.333. The number of aryl methyl sites for hydroxylation is 1. The molecule has 134 valence electrons. The number of nitrogens with zero attached hydrogens (tertiary/aromatic N) is 1. The van der Waals surface area contributed by atoms with Crippen LogP contribution < -0.4 is 9.47 Å². The Morgan fingerprint density at radius 2 is 1.80 bits per heavy atom. The molecule has 0 aromatic heterocycles. The first-order valence-corrected chi connectivity index (χ1v) is 10.4. The van der Waals surface area contributed by atoms with Gasteiger partial charge in [-0.3, -0.25) is 0 Å². The fourth-order valence-electron chi connectivity index (χ4n) is 2.82. The highest BCUT2D eigenvalue weighted by Gasteiger charge is 2.38. The zero-order chi connectivity index (χ0) is 18.0. The predicted molar refractivity (Wildman–Crippen MR) is 99.8 cm³/mol. The van der Waals surface area contributed by atoms with Crippen LogP contribution in [0.15, 0.2) is 47.4 Å². The number of thioether (sulfide) groups is 1. The van der Waals surface area contributed by atoms with Crippen LogP contribution in [0.3, 0.4) is 0 Å². The van der Waals surface area contributed by atoms with Gasteiger partial charge in [0.05, 0.1) is 24.5 Å². The molecule has 0 N–H and O–H groups in total. The molecular weight excluding hydrogens is 358 g/mol. The van der Waals surface area contributed by atoms with E-state index in [9.17, 15) is 8.42 Å². The number of methoxy groups -OCH3 is 2. The van der Waals surface area contributed by atoms with E-state index in [1.54, 1.807) is 48.5 Å². The zero-order valence-electron chi connectivity index (χ0n) is 14.4. The van der Waals surface area contributed by atoms with E-state index in [0.29, 0.717) is 22.9 Å². The summed E-state index contributed by atoms with van der Waals surface area (Å²) in [6.07, 6.45) is 0. The Bertz CT molecular complexity index is 850. The van der Waals surface area contributed by atoms with Crippen molar-refractivity contribution in [2.45, 2.75) is 17.2 Å². The van der Waals surface area contributed by atoms with E-state index < -0.39 is 10.0 Å². The van der Waals surface area contributed by atoms with E-state index in [-0.39, 0.29) is 5.37 Å². The Kier molecular flexibility index (Phi) is 5.27. The fourth-order valence-corrected chi connectivity index (χ4v) is 6.07. The standard InChI is InChI=1S/C18H21NO4S2/c1-13-4-7-15(8-5-13)25(20,21)19-10-11-24-18(19)16-12-14(22-2)6-9-17(16)23-3/h4-9,12,18H,10-11H2,1-3H3/t18-/m1/s1. The van der Waals surface area contributed by atoms with Gasteiger partial charge in [0.15, 0.2) is 0 Å². The van der Waals surface area contributed by atoms with Gasteiger partial charge < -0.3 is 9.47 Å². The summed E-state index contributed by atoms with van der Waals surface area (Å²) in [5.41, 5.74) is 1.83. The van der Waals surface area contributed by atoms with E-state index in [2.05, 4.69) is 0 Å². The number of rotatable bonds is 5. The van der Waals surface area contributed by atoms with E-state index >= 15 is 0 Å². The molecule has 0 amide bonds. The van der Waals surface area contributed by atoms with Crippen LogP contribution in [0.1, 0.15) is 16.5 Å². The number of sulfonamides is 1. The Hall–Kier alpha value is -1.70. The molecule has 2 aromatic carbocycles. The monoisotopic (exact) mass is 379 g/mol. The van der Waals surface area contributed by atoms with Crippen molar-refractivity contribution in [1.29, 1.82) is 0 Å². The molecule has 25 heavy (non-hydrogen) atoms. The molecule has 1 atom stereocenters. The van der Waals surface area contributed by atoms with Gasteiger partial charge in [-0.05, 0) is 37.3 Å². The summed E-state index contributed by atoms with van der Waals surface area (Å²) in [7, 11) is -0.403. The third-order valence-electron chi connectivity index (χ3n) is 4.18. The molecule has 5 nitrogen and oxygen atoms in total. The van der Waals surface area contributed by atoms with Crippen LogP contribution in [0, 0.1) is 6.92 Å². The molecule has 1 saturated heterocycles. The first-order valence-electron chi connectivity index (χ1n) is 7.89. The zero-order valence-corrected chi connectivity index (χ0v) is 16.1. The number of hydrogen-bond acceptors (Lipinski definition) is 5. The highest BCUT2D eigenvalue weighted by atomic mass is 32.2. The third-order valence-corrected chi connectivity index (χ3v) is 7.43. The van der Waals surface area contributed by atoms with E-state index in [4.69, 9.17) is 9.47 Å². The summed E-state index contributed by atoms with van der Waals surface area (Å²) in [6, 6.07) is 12.4. The lowest BCUT2D eigenvalue weighted by molar-refractivity contribution is 0.382. The molecule has 0 spiro atoms. The molecule has 2 aromatic rings. The first kappa shape index (κ1) is 18.1. The number of ether oxygens (including phenoxy) is 2. The minimum atomic E-state index is -3.58. The average Bonchev–Trinajstić information content (AvgIpc) is 3.12. The summed E-state index contributed by atoms with van der Waals surface area (Å²) in [5.74, 6) is 2.07. The Labute approximate surface area is 153 Å². The largest absolute Gasteiger partial charge is 0.497 e. The molecule has 1 aliphatic heterocycles. The van der Waals surface area contributed by atoms with Crippen molar-refractivity contribution in [2.24, 2.45) is 0 Å². The topological polar surface area (TPSA) is 55.8 Å². The quantitative estimate of drug-likeness (QED) is 0.796. The van der Waals surface area contributed by atoms with Gasteiger partial charge in [0.25, 0.3) is 0 Å². The average molecular weight is 380 g/mol. The van der Waals surface area contributed by atoms with Crippen molar-refractivity contribution < 1.29 is 17.9 Å². The first-order chi connectivity index (χ1) is 12.0. The molecule has 7 heteroatoms. The molecule has 1 fully saturated rings. The van der Waals surface area contributed by atoms with Crippen LogP contribution in [0.2, 0.25) is 0 Å². The maximum absolute atomic E-state index is 13.1. The maximum atomic E-state index is 13.1. The Morgan fingerprint density at radius 3 is 2.44 bits per heavy atom. The lowest BCUT2D eigenvalue weighted by atomic mass is 10.2. The van der Waals surface area contributed by atoms with Gasteiger partial charge in [-0.1, -0.05) is 17.7 Å². The SMILES string of the molecule is COc1ccc(OC)c([C@H]2SCCN2S(=O)(=O)c2ccc(C)cc2)c1. The molecule has 0 aliphatic carbocycles. The lowest BCUT2D eigenvalue weighted by Crippen LogP contribution is -2.30. The summed E-state index contributed by atoms with van der Waals surface area (Å²) in [6.45, 7) is 2.40. The summed E-state index contributed by atoms with van der Waals surface area (Å²) in [4.78, 5) is 0.312. The van der Waals surface area contributed by atoms with Gasteiger partial charge in [0.1, 0.15) is 11.5 Å². The lowest BCUT2D eigenvalue weighted by Gasteiger charge is -2.25. The summed E-state index contributed by atoms with van der Waals surface area (Å²) in [5, 5.41) is -0.337. The number of hydrogen-bond donors (Lipinski definition) is 0. The van der Waals surface area contributed by atoms with Gasteiger partial charge in [-0.2, -0.15) is 4.31 Å². The molecule has 1 aliphatic rings. The van der Waals surface area contributed by atoms with Crippen LogP contribution in [-0.4, -0.2) is 39.2 Å². The van der Waals surface area contributed by atoms with Gasteiger partial charge in [0, 0.05) is 17.9 Å². The second kappa shape index (κ2) is 7.27. The van der Waals surface area contributed by atoms with Gasteiger partial charge in [0.2, 0.25) is 10.0 Å². The molecule has 1 heterocycles. The molecular formula is C18H21NO4S2. The van der Waals surface area contributed by atoms with Crippen molar-refractivity contribution >= 4 is 21.8 Å². The minimum Gasteiger partial charge on any atom is -0.497 e. The van der Waals surface area contributed by atoms with Crippen molar-refractivity contribution in [1.82, 2.24) is 4.31 Å². The van der Waals surface area contributed by atoms with Crippen molar-refractivity contribution in [2.75, 3.05) is 26.5 Å². The molecule has 0 bridgehead atoms. The van der Waals surface area contributed by atoms with Crippen LogP contribution in [0.4, 0.5) is 0 Å². The van der Waals surface area contributed by atoms with Crippen LogP contribution in [0.25, 0.3) is 0 Å². The van der Waals surface area contributed by atoms with Crippen LogP contribution in [0.5, 0.6) is 11.5 Å².